The van der Waals surface area contributed by atoms with Crippen molar-refractivity contribution in [3.63, 3.8) is 0 Å². The van der Waals surface area contributed by atoms with Crippen molar-refractivity contribution in [1.29, 1.82) is 5.26 Å². The number of halogens is 3. The first-order valence-corrected chi connectivity index (χ1v) is 22.9. The number of alkyl halides is 3. The Kier molecular flexibility index (Phi) is 16.7. The van der Waals surface area contributed by atoms with Gasteiger partial charge >= 0.3 is 6.18 Å². The average Bonchev–Trinajstić information content (AvgIpc) is 3.96. The van der Waals surface area contributed by atoms with Crippen molar-refractivity contribution in [3.05, 3.63) is 94.6 Å². The molecule has 3 heterocycles. The number of nitriles is 1. The number of likely N-dealkylation sites (tertiary alicyclic amines) is 1. The molecule has 4 amide bonds. The van der Waals surface area contributed by atoms with Crippen molar-refractivity contribution in [2.45, 2.75) is 89.8 Å². The minimum absolute atomic E-state index is 0.00648. The number of nitrogens with one attached hydrogen (secondary N) is 2. The normalized spacial score (nSPS) is 17.4. The van der Waals surface area contributed by atoms with E-state index in [1.807, 2.05) is 31.2 Å². The lowest BCUT2D eigenvalue weighted by atomic mass is 10.0. The van der Waals surface area contributed by atoms with E-state index in [4.69, 9.17) is 26.4 Å². The van der Waals surface area contributed by atoms with Gasteiger partial charge in [0.05, 0.1) is 51.7 Å². The average molecular weight is 964 g/mol. The summed E-state index contributed by atoms with van der Waals surface area (Å²) in [4.78, 5) is 61.8. The monoisotopic (exact) mass is 963 g/mol. The van der Waals surface area contributed by atoms with Crippen LogP contribution in [-0.4, -0.2) is 107 Å². The third kappa shape index (κ3) is 12.3. The molecule has 3 aromatic carbocycles. The zero-order valence-electron chi connectivity index (χ0n) is 37.4. The first-order valence-electron chi connectivity index (χ1n) is 21.6. The lowest BCUT2D eigenvalue weighted by Crippen LogP contribution is -2.53. The lowest BCUT2D eigenvalue weighted by Gasteiger charge is -2.29. The number of thiazole rings is 1. The fourth-order valence-corrected chi connectivity index (χ4v) is 9.07. The number of benzene rings is 3. The maximum Gasteiger partial charge on any atom is 0.417 e. The molecular weight excluding hydrogens is 912 g/mol. The highest BCUT2D eigenvalue weighted by atomic mass is 32.1. The summed E-state index contributed by atoms with van der Waals surface area (Å²) in [7, 11) is 0. The van der Waals surface area contributed by atoms with E-state index in [-0.39, 0.29) is 49.4 Å². The zero-order valence-corrected chi connectivity index (χ0v) is 39.1. The minimum Gasteiger partial charge on any atom is -0.494 e. The highest BCUT2D eigenvalue weighted by Crippen LogP contribution is 2.40. The number of aliphatic hydroxyl groups excluding tert-OH is 1. The summed E-state index contributed by atoms with van der Waals surface area (Å²) in [5.41, 5.74) is 2.18. The summed E-state index contributed by atoms with van der Waals surface area (Å²) in [6.07, 6.45) is -3.64. The summed E-state index contributed by atoms with van der Waals surface area (Å²) in [6, 6.07) is 17.4. The Morgan fingerprint density at radius 3 is 2.34 bits per heavy atom. The molecule has 20 heteroatoms. The van der Waals surface area contributed by atoms with Crippen molar-refractivity contribution in [1.82, 2.24) is 20.5 Å². The Labute approximate surface area is 395 Å². The molecule has 2 aliphatic heterocycles. The summed E-state index contributed by atoms with van der Waals surface area (Å²) in [5.74, 6) is -1.32. The Morgan fingerprint density at radius 2 is 1.67 bits per heavy atom. The van der Waals surface area contributed by atoms with Crippen molar-refractivity contribution >= 4 is 63.7 Å². The van der Waals surface area contributed by atoms with Crippen LogP contribution in [0.4, 0.5) is 24.5 Å². The maximum absolute atomic E-state index is 13.7. The van der Waals surface area contributed by atoms with Gasteiger partial charge in [-0.3, -0.25) is 24.1 Å². The predicted molar refractivity (Wildman–Crippen MR) is 248 cm³/mol. The van der Waals surface area contributed by atoms with Gasteiger partial charge in [0, 0.05) is 45.0 Å². The second-order valence-corrected chi connectivity index (χ2v) is 17.8. The van der Waals surface area contributed by atoms with Gasteiger partial charge in [-0.25, -0.2) is 4.98 Å². The number of hydrogen-bond donors (Lipinski definition) is 3. The number of amides is 4. The van der Waals surface area contributed by atoms with Crippen LogP contribution in [0.1, 0.15) is 68.8 Å². The maximum atomic E-state index is 13.7. The van der Waals surface area contributed by atoms with Crippen LogP contribution in [0.3, 0.4) is 0 Å². The lowest BCUT2D eigenvalue weighted by molar-refractivity contribution is -0.141. The highest BCUT2D eigenvalue weighted by molar-refractivity contribution is 7.81. The van der Waals surface area contributed by atoms with E-state index in [1.54, 1.807) is 65.9 Å². The van der Waals surface area contributed by atoms with E-state index in [1.165, 1.54) is 17.9 Å². The summed E-state index contributed by atoms with van der Waals surface area (Å²) >= 11 is 7.17. The van der Waals surface area contributed by atoms with E-state index in [9.17, 15) is 42.7 Å². The molecule has 4 aromatic rings. The molecule has 0 bridgehead atoms. The summed E-state index contributed by atoms with van der Waals surface area (Å²) in [5, 5.41) is 25.0. The van der Waals surface area contributed by atoms with Gasteiger partial charge in [0.15, 0.2) is 5.11 Å². The van der Waals surface area contributed by atoms with Gasteiger partial charge in [0.2, 0.25) is 17.7 Å². The summed E-state index contributed by atoms with van der Waals surface area (Å²) < 4.78 is 58.1. The molecule has 67 heavy (non-hydrogen) atoms. The molecule has 0 spiro atoms. The third-order valence-corrected chi connectivity index (χ3v) is 12.6. The van der Waals surface area contributed by atoms with Gasteiger partial charge < -0.3 is 39.8 Å². The van der Waals surface area contributed by atoms with Crippen molar-refractivity contribution in [2.24, 2.45) is 0 Å². The number of thiocarbonyl (C=S) groups is 1. The number of aryl methyl sites for hydroxylation is 1. The molecule has 1 aromatic heterocycles. The Bertz CT molecular complexity index is 2460. The zero-order chi connectivity index (χ0) is 48.5. The van der Waals surface area contributed by atoms with E-state index in [0.29, 0.717) is 50.5 Å². The molecule has 0 unspecified atom stereocenters. The number of unbranched alkanes of at least 4 members (excludes halogenated alkanes) is 1. The number of carbonyl (C=O) groups is 4. The predicted octanol–water partition coefficient (Wildman–Crippen LogP) is 6.29. The van der Waals surface area contributed by atoms with Crippen molar-refractivity contribution in [3.8, 4) is 22.3 Å². The molecule has 0 aliphatic carbocycles. The molecule has 356 valence electrons. The van der Waals surface area contributed by atoms with Gasteiger partial charge in [-0.2, -0.15) is 18.4 Å². The van der Waals surface area contributed by atoms with Crippen LogP contribution in [0.15, 0.2) is 72.2 Å². The first-order chi connectivity index (χ1) is 31.9. The smallest absolute Gasteiger partial charge is 0.417 e. The molecule has 6 rings (SSSR count). The molecule has 0 saturated carbocycles. The Balaban J connectivity index is 0.831. The number of carbonyl (C=O) groups excluding carboxylic acids is 4. The standard InChI is InChI=1S/C47H52F3N7O8S2/c1-29-41(67-28-53-29)32-10-8-31(9-11-32)25-52-42(60)39-23-36(58)26-55(39)43(61)30(2)54-40(59)27-64-20-7-19-63-18-5-6-21-65-37-16-14-34(15-17-37)57-45(66)56(44(62)46(57,3)4)35-13-12-33(24-51)38(22-35)47(48,49)50/h8-17,22,28,30,36,39,58H,5-7,18-21,23,25-27H2,1-4H3,(H,52,60)(H,54,59)/t30-,36+,39-/m0/s1. The molecule has 2 fully saturated rings. The summed E-state index contributed by atoms with van der Waals surface area (Å²) in [6.45, 7) is 8.21. The van der Waals surface area contributed by atoms with Gasteiger partial charge in [-0.1, -0.05) is 24.3 Å². The second kappa shape index (κ2) is 22.2. The number of nitrogens with zero attached hydrogens (tertiary/aromatic N) is 5. The third-order valence-electron chi connectivity index (χ3n) is 11.3. The number of hydrogen-bond acceptors (Lipinski definition) is 12. The molecule has 15 nitrogen and oxygen atoms in total. The van der Waals surface area contributed by atoms with Crippen LogP contribution in [0, 0.1) is 18.3 Å². The number of aromatic nitrogens is 1. The number of anilines is 2. The minimum atomic E-state index is -4.80. The molecule has 3 N–H and O–H groups in total. The van der Waals surface area contributed by atoms with Crippen molar-refractivity contribution < 1.29 is 51.7 Å². The number of rotatable bonds is 20. The van der Waals surface area contributed by atoms with Crippen LogP contribution in [0.2, 0.25) is 0 Å². The Morgan fingerprint density at radius 1 is 1.00 bits per heavy atom. The topological polar surface area (TPSA) is 187 Å². The fourth-order valence-electron chi connectivity index (χ4n) is 7.74. The Hall–Kier alpha value is -5.98. The largest absolute Gasteiger partial charge is 0.494 e. The van der Waals surface area contributed by atoms with Crippen LogP contribution in [-0.2, 0) is 41.4 Å². The van der Waals surface area contributed by atoms with Gasteiger partial charge in [0.1, 0.15) is 30.0 Å². The van der Waals surface area contributed by atoms with Crippen LogP contribution in [0.5, 0.6) is 5.75 Å². The first kappa shape index (κ1) is 50.4. The van der Waals surface area contributed by atoms with Crippen LogP contribution < -0.4 is 25.2 Å². The van der Waals surface area contributed by atoms with E-state index >= 15 is 0 Å². The van der Waals surface area contributed by atoms with Gasteiger partial charge in [0.25, 0.3) is 5.91 Å². The number of ether oxygens (including phenoxy) is 3. The van der Waals surface area contributed by atoms with Crippen molar-refractivity contribution in [2.75, 3.05) is 49.4 Å². The second-order valence-electron chi connectivity index (χ2n) is 16.6. The van der Waals surface area contributed by atoms with Crippen LogP contribution in [0.25, 0.3) is 10.4 Å². The van der Waals surface area contributed by atoms with Crippen LogP contribution >= 0.6 is 23.6 Å². The molecule has 0 radical (unpaired) electrons. The van der Waals surface area contributed by atoms with Gasteiger partial charge in [-0.05, 0) is 113 Å². The fraction of sp³-hybridized carbons (Fsp3) is 0.426. The number of aliphatic hydroxyl groups is 1. The quantitative estimate of drug-likeness (QED) is 0.0665. The number of β-amino-alcohol motifs (C(OH)–C–C–N with tert-alkyl or cyclic N) is 1. The molecule has 2 saturated heterocycles. The van der Waals surface area contributed by atoms with E-state index < -0.39 is 58.8 Å². The SMILES string of the molecule is Cc1ncsc1-c1ccc(CNC(=O)[C@@H]2C[C@@H](O)CN2C(=O)[C@H](C)NC(=O)COCCCOCCCCOc2ccc(N3C(=S)N(c4ccc(C#N)c(C(F)(F)F)c4)C(=O)C3(C)C)cc2)cc1. The van der Waals surface area contributed by atoms with E-state index in [0.717, 1.165) is 38.7 Å². The molecule has 3 atom stereocenters. The van der Waals surface area contributed by atoms with Gasteiger partial charge in [-0.15, -0.1) is 11.3 Å². The molecule has 2 aliphatic rings. The molecular formula is C47H52F3N7O8S2. The highest BCUT2D eigenvalue weighted by Gasteiger charge is 2.51. The van der Waals surface area contributed by atoms with E-state index in [2.05, 4.69) is 15.6 Å².